The Kier molecular flexibility index (Phi) is 2.55. The number of nitro groups is 1. The highest BCUT2D eigenvalue weighted by molar-refractivity contribution is 5.65. The van der Waals surface area contributed by atoms with Crippen LogP contribution < -0.4 is 5.32 Å². The van der Waals surface area contributed by atoms with Crippen molar-refractivity contribution in [1.82, 2.24) is 9.55 Å². The summed E-state index contributed by atoms with van der Waals surface area (Å²) in [6.45, 7) is 0. The first-order valence-electron chi connectivity index (χ1n) is 4.67. The molecule has 1 aromatic heterocycles. The van der Waals surface area contributed by atoms with E-state index in [9.17, 15) is 10.1 Å². The molecule has 16 heavy (non-hydrogen) atoms. The van der Waals surface area contributed by atoms with Crippen LogP contribution in [0.2, 0.25) is 0 Å². The van der Waals surface area contributed by atoms with E-state index in [1.807, 2.05) is 0 Å². The van der Waals surface area contributed by atoms with Crippen LogP contribution in [-0.4, -0.2) is 21.5 Å². The molecular weight excluding hydrogens is 208 g/mol. The molecule has 1 N–H and O–H groups in total. The van der Waals surface area contributed by atoms with Crippen molar-refractivity contribution in [2.75, 3.05) is 12.4 Å². The van der Waals surface area contributed by atoms with Crippen LogP contribution in [0.15, 0.2) is 36.9 Å². The van der Waals surface area contributed by atoms with Crippen molar-refractivity contribution in [3.63, 3.8) is 0 Å². The summed E-state index contributed by atoms with van der Waals surface area (Å²) < 4.78 is 1.78. The molecule has 6 heteroatoms. The number of aromatic nitrogens is 2. The third-order valence-corrected chi connectivity index (χ3v) is 2.25. The summed E-state index contributed by atoms with van der Waals surface area (Å²) in [5, 5.41) is 13.5. The molecule has 0 bridgehead atoms. The minimum absolute atomic E-state index is 0.0614. The Hall–Kier alpha value is -2.37. The standard InChI is InChI=1S/C10H10N4O2/c1-11-9-6-8(13-5-4-12-7-13)2-3-10(9)14(15)16/h2-7,11H,1H3. The topological polar surface area (TPSA) is 73.0 Å². The number of anilines is 1. The van der Waals surface area contributed by atoms with Gasteiger partial charge in [0.15, 0.2) is 0 Å². The normalized spacial score (nSPS) is 10.1. The number of nitrogens with one attached hydrogen (secondary N) is 1. The maximum Gasteiger partial charge on any atom is 0.292 e. The number of nitro benzene ring substituents is 1. The highest BCUT2D eigenvalue weighted by Gasteiger charge is 2.12. The van der Waals surface area contributed by atoms with Crippen LogP contribution in [0.4, 0.5) is 11.4 Å². The van der Waals surface area contributed by atoms with Crippen LogP contribution >= 0.6 is 0 Å². The largest absolute Gasteiger partial charge is 0.383 e. The fourth-order valence-electron chi connectivity index (χ4n) is 1.46. The molecule has 0 aliphatic carbocycles. The van der Waals surface area contributed by atoms with Gasteiger partial charge in [0, 0.05) is 31.2 Å². The number of nitrogens with zero attached hydrogens (tertiary/aromatic N) is 3. The summed E-state index contributed by atoms with van der Waals surface area (Å²) in [7, 11) is 1.65. The highest BCUT2D eigenvalue weighted by Crippen LogP contribution is 2.26. The predicted molar refractivity (Wildman–Crippen MR) is 59.8 cm³/mol. The van der Waals surface area contributed by atoms with Gasteiger partial charge in [-0.05, 0) is 12.1 Å². The first-order valence-corrected chi connectivity index (χ1v) is 4.67. The molecule has 6 nitrogen and oxygen atoms in total. The molecule has 0 aliphatic rings. The smallest absolute Gasteiger partial charge is 0.292 e. The average molecular weight is 218 g/mol. The lowest BCUT2D eigenvalue weighted by atomic mass is 10.2. The van der Waals surface area contributed by atoms with Crippen LogP contribution in [0.25, 0.3) is 5.69 Å². The van der Waals surface area contributed by atoms with Gasteiger partial charge in [-0.1, -0.05) is 0 Å². The maximum absolute atomic E-state index is 10.7. The Bertz CT molecular complexity index is 508. The van der Waals surface area contributed by atoms with E-state index in [0.717, 1.165) is 5.69 Å². The van der Waals surface area contributed by atoms with Gasteiger partial charge in [0.05, 0.1) is 11.3 Å². The molecule has 0 unspecified atom stereocenters. The van der Waals surface area contributed by atoms with Crippen LogP contribution in [0, 0.1) is 10.1 Å². The van der Waals surface area contributed by atoms with Gasteiger partial charge in [-0.25, -0.2) is 4.98 Å². The summed E-state index contributed by atoms with van der Waals surface area (Å²) in [5.41, 5.74) is 1.37. The summed E-state index contributed by atoms with van der Waals surface area (Å²) in [6.07, 6.45) is 5.07. The SMILES string of the molecule is CNc1cc(-n2ccnc2)ccc1[N+](=O)[O-]. The summed E-state index contributed by atoms with van der Waals surface area (Å²) in [6, 6.07) is 4.86. The maximum atomic E-state index is 10.7. The lowest BCUT2D eigenvalue weighted by molar-refractivity contribution is -0.383. The average Bonchev–Trinajstić information content (AvgIpc) is 2.81. The molecule has 82 valence electrons. The molecule has 1 heterocycles. The molecule has 0 radical (unpaired) electrons. The predicted octanol–water partition coefficient (Wildman–Crippen LogP) is 1.82. The molecule has 1 aromatic carbocycles. The van der Waals surface area contributed by atoms with Gasteiger partial charge in [-0.15, -0.1) is 0 Å². The lowest BCUT2D eigenvalue weighted by Gasteiger charge is -2.06. The van der Waals surface area contributed by atoms with E-state index >= 15 is 0 Å². The van der Waals surface area contributed by atoms with Crippen molar-refractivity contribution in [2.45, 2.75) is 0 Å². The van der Waals surface area contributed by atoms with Crippen molar-refractivity contribution in [2.24, 2.45) is 0 Å². The van der Waals surface area contributed by atoms with E-state index in [0.29, 0.717) is 5.69 Å². The van der Waals surface area contributed by atoms with Crippen molar-refractivity contribution >= 4 is 11.4 Å². The Morgan fingerprint density at radius 1 is 1.50 bits per heavy atom. The van der Waals surface area contributed by atoms with Gasteiger partial charge in [0.1, 0.15) is 5.69 Å². The second-order valence-corrected chi connectivity index (χ2v) is 3.18. The van der Waals surface area contributed by atoms with Gasteiger partial charge in [-0.3, -0.25) is 10.1 Å². The minimum atomic E-state index is -0.413. The number of imidazole rings is 1. The quantitative estimate of drug-likeness (QED) is 0.630. The highest BCUT2D eigenvalue weighted by atomic mass is 16.6. The molecule has 0 amide bonds. The fraction of sp³-hybridized carbons (Fsp3) is 0.100. The summed E-state index contributed by atoms with van der Waals surface area (Å²) in [4.78, 5) is 14.2. The van der Waals surface area contributed by atoms with E-state index in [4.69, 9.17) is 0 Å². The third-order valence-electron chi connectivity index (χ3n) is 2.25. The Morgan fingerprint density at radius 3 is 2.88 bits per heavy atom. The molecule has 0 atom stereocenters. The Balaban J connectivity index is 2.49. The molecule has 0 saturated heterocycles. The minimum Gasteiger partial charge on any atom is -0.383 e. The summed E-state index contributed by atoms with van der Waals surface area (Å²) >= 11 is 0. The number of hydrogen-bond acceptors (Lipinski definition) is 4. The van der Waals surface area contributed by atoms with Gasteiger partial charge in [-0.2, -0.15) is 0 Å². The molecule has 0 saturated carbocycles. The van der Waals surface area contributed by atoms with Crippen LogP contribution in [0.1, 0.15) is 0 Å². The van der Waals surface area contributed by atoms with E-state index in [-0.39, 0.29) is 5.69 Å². The number of rotatable bonds is 3. The van der Waals surface area contributed by atoms with E-state index in [1.165, 1.54) is 6.07 Å². The summed E-state index contributed by atoms with van der Waals surface area (Å²) in [5.74, 6) is 0. The van der Waals surface area contributed by atoms with Crippen molar-refractivity contribution in [1.29, 1.82) is 0 Å². The van der Waals surface area contributed by atoms with Gasteiger partial charge in [0.25, 0.3) is 5.69 Å². The zero-order valence-electron chi connectivity index (χ0n) is 8.62. The monoisotopic (exact) mass is 218 g/mol. The molecule has 0 spiro atoms. The lowest BCUT2D eigenvalue weighted by Crippen LogP contribution is -1.98. The number of hydrogen-bond donors (Lipinski definition) is 1. The van der Waals surface area contributed by atoms with Crippen LogP contribution in [0.3, 0.4) is 0 Å². The molecule has 2 rings (SSSR count). The zero-order valence-corrected chi connectivity index (χ0v) is 8.62. The van der Waals surface area contributed by atoms with Gasteiger partial charge in [0.2, 0.25) is 0 Å². The second kappa shape index (κ2) is 4.01. The third kappa shape index (κ3) is 1.72. The first kappa shape index (κ1) is 10.2. The fourth-order valence-corrected chi connectivity index (χ4v) is 1.46. The zero-order chi connectivity index (χ0) is 11.5. The van der Waals surface area contributed by atoms with Crippen molar-refractivity contribution in [3.05, 3.63) is 47.0 Å². The number of benzene rings is 1. The van der Waals surface area contributed by atoms with Crippen LogP contribution in [0.5, 0.6) is 0 Å². The molecule has 0 fully saturated rings. The molecular formula is C10H10N4O2. The van der Waals surface area contributed by atoms with Gasteiger partial charge < -0.3 is 9.88 Å². The van der Waals surface area contributed by atoms with Gasteiger partial charge >= 0.3 is 0 Å². The molecule has 2 aromatic rings. The van der Waals surface area contributed by atoms with E-state index in [1.54, 1.807) is 42.5 Å². The van der Waals surface area contributed by atoms with Crippen molar-refractivity contribution in [3.8, 4) is 5.69 Å². The second-order valence-electron chi connectivity index (χ2n) is 3.18. The Labute approximate surface area is 91.7 Å². The van der Waals surface area contributed by atoms with Crippen LogP contribution in [-0.2, 0) is 0 Å². The first-order chi connectivity index (χ1) is 7.72. The van der Waals surface area contributed by atoms with E-state index < -0.39 is 4.92 Å². The van der Waals surface area contributed by atoms with Crippen molar-refractivity contribution < 1.29 is 4.92 Å². The van der Waals surface area contributed by atoms with E-state index in [2.05, 4.69) is 10.3 Å². The molecule has 0 aliphatic heterocycles. The Morgan fingerprint density at radius 2 is 2.31 bits per heavy atom.